The highest BCUT2D eigenvalue weighted by Gasteiger charge is 2.40. The van der Waals surface area contributed by atoms with E-state index >= 15 is 0 Å². The van der Waals surface area contributed by atoms with E-state index in [1.165, 1.54) is 18.4 Å². The minimum atomic E-state index is -4.36. The number of sulfone groups is 1. The van der Waals surface area contributed by atoms with Crippen LogP contribution in [-0.4, -0.2) is 46.5 Å². The molecule has 5 nitrogen and oxygen atoms in total. The molecule has 178 valence electrons. The van der Waals surface area contributed by atoms with Crippen LogP contribution in [0.1, 0.15) is 50.7 Å². The number of nitrogens with zero attached hydrogens (tertiary/aromatic N) is 1. The van der Waals surface area contributed by atoms with E-state index in [0.29, 0.717) is 31.0 Å². The zero-order valence-corrected chi connectivity index (χ0v) is 21.6. The number of aliphatic imine (C=N–C) groups is 1. The maximum Gasteiger partial charge on any atom is 0.416 e. The van der Waals surface area contributed by atoms with Gasteiger partial charge in [-0.2, -0.15) is 13.2 Å². The Morgan fingerprint density at radius 2 is 1.84 bits per heavy atom. The van der Waals surface area contributed by atoms with Gasteiger partial charge in [0.05, 0.1) is 11.3 Å². The molecule has 0 bridgehead atoms. The Balaban J connectivity index is 0.00000480. The van der Waals surface area contributed by atoms with E-state index in [4.69, 9.17) is 0 Å². The van der Waals surface area contributed by atoms with Gasteiger partial charge in [-0.05, 0) is 36.3 Å². The number of benzene rings is 1. The highest BCUT2D eigenvalue weighted by atomic mass is 127. The van der Waals surface area contributed by atoms with E-state index in [1.54, 1.807) is 13.1 Å². The number of hydrogen-bond acceptors (Lipinski definition) is 3. The number of nitrogens with one attached hydrogen (secondary N) is 2. The van der Waals surface area contributed by atoms with Crippen LogP contribution in [0.25, 0.3) is 0 Å². The van der Waals surface area contributed by atoms with E-state index in [2.05, 4.69) is 15.6 Å². The summed E-state index contributed by atoms with van der Waals surface area (Å²) in [7, 11) is -1.39. The summed E-state index contributed by atoms with van der Waals surface area (Å²) in [6.07, 6.45) is -0.00481. The van der Waals surface area contributed by atoms with Crippen LogP contribution >= 0.6 is 24.0 Å². The van der Waals surface area contributed by atoms with Crippen molar-refractivity contribution in [1.29, 1.82) is 0 Å². The van der Waals surface area contributed by atoms with Crippen molar-refractivity contribution >= 4 is 39.8 Å². The first kappa shape index (κ1) is 28.0. The first-order valence-corrected chi connectivity index (χ1v) is 12.1. The van der Waals surface area contributed by atoms with Crippen molar-refractivity contribution in [2.75, 3.05) is 32.1 Å². The Kier molecular flexibility index (Phi) is 9.68. The molecule has 0 atom stereocenters. The lowest BCUT2D eigenvalue weighted by Gasteiger charge is -2.43. The van der Waals surface area contributed by atoms with Crippen LogP contribution < -0.4 is 10.6 Å². The van der Waals surface area contributed by atoms with E-state index in [-0.39, 0.29) is 40.6 Å². The fraction of sp³-hybridized carbons (Fsp3) is 0.667. The second-order valence-corrected chi connectivity index (χ2v) is 11.3. The maximum absolute atomic E-state index is 13.1. The van der Waals surface area contributed by atoms with Gasteiger partial charge in [0.25, 0.3) is 0 Å². The van der Waals surface area contributed by atoms with Gasteiger partial charge in [-0.3, -0.25) is 4.99 Å². The van der Waals surface area contributed by atoms with Crippen LogP contribution in [0.3, 0.4) is 0 Å². The lowest BCUT2D eigenvalue weighted by Crippen LogP contribution is -2.50. The lowest BCUT2D eigenvalue weighted by molar-refractivity contribution is -0.137. The SMILES string of the molecule is CN=C(NCC(C)(C)CCS(C)(=O)=O)NCC1(c2cccc(C(F)(F)F)c2)CCC1.I. The Hall–Kier alpha value is -1.04. The molecule has 31 heavy (non-hydrogen) atoms. The van der Waals surface area contributed by atoms with Crippen LogP contribution in [0.5, 0.6) is 0 Å². The molecular formula is C21H33F3IN3O2S. The van der Waals surface area contributed by atoms with Gasteiger partial charge < -0.3 is 10.6 Å². The van der Waals surface area contributed by atoms with Gasteiger partial charge in [-0.1, -0.05) is 38.5 Å². The van der Waals surface area contributed by atoms with E-state index in [0.717, 1.165) is 25.3 Å². The molecule has 1 saturated carbocycles. The zero-order chi connectivity index (χ0) is 22.6. The largest absolute Gasteiger partial charge is 0.416 e. The standard InChI is InChI=1S/C21H32F3N3O2S.HI/c1-19(2,11-12-30(4,28)29)14-26-18(25-3)27-15-20(9-6-10-20)16-7-5-8-17(13-16)21(22,23)24;/h5,7-8,13H,6,9-12,14-15H2,1-4H3,(H2,25,26,27);1H. The molecule has 2 rings (SSSR count). The van der Waals surface area contributed by atoms with Gasteiger partial charge in [0.1, 0.15) is 9.84 Å². The maximum atomic E-state index is 13.1. The fourth-order valence-electron chi connectivity index (χ4n) is 3.54. The molecule has 10 heteroatoms. The summed E-state index contributed by atoms with van der Waals surface area (Å²) >= 11 is 0. The van der Waals surface area contributed by atoms with E-state index in [9.17, 15) is 21.6 Å². The third kappa shape index (κ3) is 8.43. The van der Waals surface area contributed by atoms with Crippen molar-refractivity contribution in [3.05, 3.63) is 35.4 Å². The molecule has 0 amide bonds. The number of guanidine groups is 1. The summed E-state index contributed by atoms with van der Waals surface area (Å²) in [6, 6.07) is 5.59. The molecule has 0 heterocycles. The van der Waals surface area contributed by atoms with Crippen LogP contribution in [0, 0.1) is 5.41 Å². The van der Waals surface area contributed by atoms with Gasteiger partial charge >= 0.3 is 6.18 Å². The van der Waals surface area contributed by atoms with Gasteiger partial charge in [-0.15, -0.1) is 24.0 Å². The van der Waals surface area contributed by atoms with Crippen LogP contribution in [-0.2, 0) is 21.4 Å². The third-order valence-electron chi connectivity index (χ3n) is 5.81. The van der Waals surface area contributed by atoms with Crippen LogP contribution in [0.2, 0.25) is 0 Å². The van der Waals surface area contributed by atoms with Crippen molar-refractivity contribution in [3.8, 4) is 0 Å². The Labute approximate surface area is 200 Å². The summed E-state index contributed by atoms with van der Waals surface area (Å²) in [5.41, 5.74) is -0.526. The van der Waals surface area contributed by atoms with E-state index in [1.807, 2.05) is 13.8 Å². The minimum Gasteiger partial charge on any atom is -0.356 e. The molecule has 1 aromatic rings. The molecular weight excluding hydrogens is 542 g/mol. The molecule has 0 saturated heterocycles. The Morgan fingerprint density at radius 3 is 2.32 bits per heavy atom. The molecule has 0 aliphatic heterocycles. The van der Waals surface area contributed by atoms with Gasteiger partial charge in [0, 0.05) is 31.8 Å². The molecule has 0 radical (unpaired) electrons. The number of halogens is 4. The summed E-state index contributed by atoms with van der Waals surface area (Å²) in [4.78, 5) is 4.21. The lowest BCUT2D eigenvalue weighted by atomic mass is 9.64. The molecule has 1 fully saturated rings. The van der Waals surface area contributed by atoms with Crippen molar-refractivity contribution < 1.29 is 21.6 Å². The second kappa shape index (κ2) is 10.7. The Bertz CT molecular complexity index is 867. The molecule has 2 N–H and O–H groups in total. The van der Waals surface area contributed by atoms with Crippen LogP contribution in [0.15, 0.2) is 29.3 Å². The molecule has 0 aromatic heterocycles. The molecule has 1 aliphatic carbocycles. The predicted molar refractivity (Wildman–Crippen MR) is 130 cm³/mol. The summed E-state index contributed by atoms with van der Waals surface area (Å²) in [5.74, 6) is 0.674. The van der Waals surface area contributed by atoms with Gasteiger partial charge in [-0.25, -0.2) is 8.42 Å². The van der Waals surface area contributed by atoms with Crippen molar-refractivity contribution in [1.82, 2.24) is 10.6 Å². The van der Waals surface area contributed by atoms with Gasteiger partial charge in [0.15, 0.2) is 5.96 Å². The molecule has 0 unspecified atom stereocenters. The monoisotopic (exact) mass is 575 g/mol. The first-order chi connectivity index (χ1) is 13.8. The van der Waals surface area contributed by atoms with Gasteiger partial charge in [0.2, 0.25) is 0 Å². The average Bonchev–Trinajstić information content (AvgIpc) is 2.61. The third-order valence-corrected chi connectivity index (χ3v) is 6.76. The molecule has 1 aliphatic rings. The highest BCUT2D eigenvalue weighted by molar-refractivity contribution is 14.0. The highest BCUT2D eigenvalue weighted by Crippen LogP contribution is 2.44. The smallest absolute Gasteiger partial charge is 0.356 e. The fourth-order valence-corrected chi connectivity index (χ4v) is 4.47. The zero-order valence-electron chi connectivity index (χ0n) is 18.5. The van der Waals surface area contributed by atoms with Crippen molar-refractivity contribution in [2.45, 2.75) is 51.1 Å². The quantitative estimate of drug-likeness (QED) is 0.275. The average molecular weight is 575 g/mol. The van der Waals surface area contributed by atoms with Crippen LogP contribution in [0.4, 0.5) is 13.2 Å². The van der Waals surface area contributed by atoms with E-state index < -0.39 is 21.6 Å². The summed E-state index contributed by atoms with van der Waals surface area (Å²) < 4.78 is 62.2. The minimum absolute atomic E-state index is 0. The number of rotatable bonds is 8. The summed E-state index contributed by atoms with van der Waals surface area (Å²) in [6.45, 7) is 4.97. The summed E-state index contributed by atoms with van der Waals surface area (Å²) in [5, 5.41) is 6.47. The predicted octanol–water partition coefficient (Wildman–Crippen LogP) is 4.37. The normalized spacial score (nSPS) is 16.8. The number of hydrogen-bond donors (Lipinski definition) is 2. The van der Waals surface area contributed by atoms with Crippen molar-refractivity contribution in [3.63, 3.8) is 0 Å². The topological polar surface area (TPSA) is 70.6 Å². The second-order valence-electron chi connectivity index (χ2n) is 9.04. The Morgan fingerprint density at radius 1 is 1.19 bits per heavy atom. The molecule has 0 spiro atoms. The van der Waals surface area contributed by atoms with Crippen molar-refractivity contribution in [2.24, 2.45) is 10.4 Å². The first-order valence-electron chi connectivity index (χ1n) is 10.1. The number of alkyl halides is 3. The molecule has 1 aromatic carbocycles.